The fourth-order valence-electron chi connectivity index (χ4n) is 3.05. The van der Waals surface area contributed by atoms with E-state index in [1.54, 1.807) is 0 Å². The molecule has 0 radical (unpaired) electrons. The van der Waals surface area contributed by atoms with Crippen molar-refractivity contribution in [3.63, 3.8) is 0 Å². The molecule has 22 heavy (non-hydrogen) atoms. The molecule has 0 bridgehead atoms. The highest BCUT2D eigenvalue weighted by Gasteiger charge is 2.12. The molecule has 0 aliphatic carbocycles. The van der Waals surface area contributed by atoms with Crippen LogP contribution in [-0.2, 0) is 0 Å². The Morgan fingerprint density at radius 1 is 0.818 bits per heavy atom. The molecule has 2 nitrogen and oxygen atoms in total. The number of nitrogens with two attached hydrogens (primary N) is 2. The summed E-state index contributed by atoms with van der Waals surface area (Å²) in [7, 11) is 0. The van der Waals surface area contributed by atoms with Crippen molar-refractivity contribution in [2.45, 2.75) is 25.3 Å². The maximum atomic E-state index is 6.45. The topological polar surface area (TPSA) is 52.0 Å². The number of benzene rings is 3. The first kappa shape index (κ1) is 16.8. The Morgan fingerprint density at radius 2 is 1.45 bits per heavy atom. The Bertz CT molecular complexity index is 755. The molecule has 3 aromatic carbocycles. The van der Waals surface area contributed by atoms with E-state index in [9.17, 15) is 0 Å². The minimum absolute atomic E-state index is 0. The zero-order chi connectivity index (χ0) is 14.7. The zero-order valence-electron chi connectivity index (χ0n) is 12.7. The minimum Gasteiger partial charge on any atom is -0.330 e. The Morgan fingerprint density at radius 3 is 2.18 bits per heavy atom. The van der Waals surface area contributed by atoms with Crippen LogP contribution in [-0.4, -0.2) is 6.54 Å². The van der Waals surface area contributed by atoms with Crippen molar-refractivity contribution >= 4 is 34.0 Å². The van der Waals surface area contributed by atoms with Gasteiger partial charge in [-0.1, -0.05) is 55.0 Å². The van der Waals surface area contributed by atoms with E-state index in [0.717, 1.165) is 25.8 Å². The van der Waals surface area contributed by atoms with E-state index >= 15 is 0 Å². The summed E-state index contributed by atoms with van der Waals surface area (Å²) in [5, 5.41) is 5.13. The van der Waals surface area contributed by atoms with E-state index in [1.165, 1.54) is 27.1 Å². The molecule has 0 aliphatic heterocycles. The van der Waals surface area contributed by atoms with Crippen LogP contribution in [0.3, 0.4) is 0 Å². The lowest BCUT2D eigenvalue weighted by molar-refractivity contribution is 0.594. The highest BCUT2D eigenvalue weighted by molar-refractivity contribution is 6.09. The van der Waals surface area contributed by atoms with E-state index in [-0.39, 0.29) is 18.4 Å². The zero-order valence-corrected chi connectivity index (χ0v) is 13.5. The molecule has 0 spiro atoms. The molecule has 0 heterocycles. The van der Waals surface area contributed by atoms with Gasteiger partial charge in [-0.15, -0.1) is 12.4 Å². The van der Waals surface area contributed by atoms with Gasteiger partial charge >= 0.3 is 0 Å². The summed E-state index contributed by atoms with van der Waals surface area (Å²) in [6.07, 6.45) is 3.11. The summed E-state index contributed by atoms with van der Waals surface area (Å²) in [6, 6.07) is 19.4. The Labute approximate surface area is 137 Å². The molecule has 3 aromatic rings. The van der Waals surface area contributed by atoms with Crippen molar-refractivity contribution in [3.8, 4) is 0 Å². The summed E-state index contributed by atoms with van der Waals surface area (Å²) in [4.78, 5) is 0. The van der Waals surface area contributed by atoms with Crippen LogP contribution in [0.15, 0.2) is 54.6 Å². The van der Waals surface area contributed by atoms with Crippen LogP contribution in [0.25, 0.3) is 21.5 Å². The van der Waals surface area contributed by atoms with E-state index in [4.69, 9.17) is 11.5 Å². The van der Waals surface area contributed by atoms with E-state index < -0.39 is 0 Å². The van der Waals surface area contributed by atoms with Gasteiger partial charge in [-0.3, -0.25) is 0 Å². The molecule has 1 atom stereocenters. The Kier molecular flexibility index (Phi) is 5.78. The molecule has 0 aliphatic rings. The maximum absolute atomic E-state index is 6.45. The highest BCUT2D eigenvalue weighted by Crippen LogP contribution is 2.32. The smallest absolute Gasteiger partial charge is 0.0301 e. The van der Waals surface area contributed by atoms with Crippen LogP contribution in [0.2, 0.25) is 0 Å². The van der Waals surface area contributed by atoms with Gasteiger partial charge in [0.2, 0.25) is 0 Å². The number of hydrogen-bond acceptors (Lipinski definition) is 2. The van der Waals surface area contributed by atoms with Crippen LogP contribution in [0, 0.1) is 0 Å². The van der Waals surface area contributed by atoms with Crippen LogP contribution >= 0.6 is 12.4 Å². The van der Waals surface area contributed by atoms with Gasteiger partial charge in [-0.25, -0.2) is 0 Å². The first-order valence-corrected chi connectivity index (χ1v) is 7.67. The molecule has 0 fully saturated rings. The van der Waals surface area contributed by atoms with Gasteiger partial charge < -0.3 is 11.5 Å². The molecule has 0 amide bonds. The molecule has 0 aromatic heterocycles. The second-order valence-corrected chi connectivity index (χ2v) is 5.62. The van der Waals surface area contributed by atoms with Crippen molar-refractivity contribution in [2.75, 3.05) is 6.54 Å². The SMILES string of the molecule is Cl.NCCCC[C@H](N)c1cc2ccccc2c2ccccc12. The van der Waals surface area contributed by atoms with Crippen molar-refractivity contribution in [2.24, 2.45) is 11.5 Å². The highest BCUT2D eigenvalue weighted by atomic mass is 35.5. The Balaban J connectivity index is 0.00000176. The Hall–Kier alpha value is -1.61. The molecular weight excluding hydrogens is 292 g/mol. The lowest BCUT2D eigenvalue weighted by Crippen LogP contribution is -2.11. The number of halogens is 1. The van der Waals surface area contributed by atoms with E-state index in [0.29, 0.717) is 0 Å². The van der Waals surface area contributed by atoms with Crippen LogP contribution < -0.4 is 11.5 Å². The summed E-state index contributed by atoms with van der Waals surface area (Å²) in [5.74, 6) is 0. The third-order valence-corrected chi connectivity index (χ3v) is 4.17. The maximum Gasteiger partial charge on any atom is 0.0301 e. The number of unbranched alkanes of at least 4 members (excludes halogenated alkanes) is 1. The van der Waals surface area contributed by atoms with Crippen LogP contribution in [0.4, 0.5) is 0 Å². The molecule has 0 saturated heterocycles. The number of fused-ring (bicyclic) bond motifs is 3. The summed E-state index contributed by atoms with van der Waals surface area (Å²) >= 11 is 0. The van der Waals surface area contributed by atoms with E-state index in [1.807, 2.05) is 0 Å². The second-order valence-electron chi connectivity index (χ2n) is 5.62. The lowest BCUT2D eigenvalue weighted by atomic mass is 9.92. The predicted molar refractivity (Wildman–Crippen MR) is 98.5 cm³/mol. The lowest BCUT2D eigenvalue weighted by Gasteiger charge is -2.16. The molecule has 0 saturated carbocycles. The standard InChI is InChI=1S/C19H22N2.ClH/c20-12-6-5-11-19(21)18-13-14-7-1-2-8-15(14)16-9-3-4-10-17(16)18;/h1-4,7-10,13,19H,5-6,11-12,20-21H2;1H/t19-;/m0./s1. The van der Waals surface area contributed by atoms with E-state index in [2.05, 4.69) is 54.6 Å². The molecular formula is C19H23ClN2. The largest absolute Gasteiger partial charge is 0.330 e. The summed E-state index contributed by atoms with van der Waals surface area (Å²) in [6.45, 7) is 0.741. The van der Waals surface area contributed by atoms with Crippen LogP contribution in [0.1, 0.15) is 30.9 Å². The van der Waals surface area contributed by atoms with Gasteiger partial charge in [0.15, 0.2) is 0 Å². The van der Waals surface area contributed by atoms with Crippen molar-refractivity contribution in [1.29, 1.82) is 0 Å². The summed E-state index contributed by atoms with van der Waals surface area (Å²) < 4.78 is 0. The third kappa shape index (κ3) is 3.25. The number of rotatable bonds is 5. The molecule has 3 heteroatoms. The first-order chi connectivity index (χ1) is 10.3. The summed E-state index contributed by atoms with van der Waals surface area (Å²) in [5.41, 5.74) is 13.3. The molecule has 116 valence electrons. The fourth-order valence-corrected chi connectivity index (χ4v) is 3.05. The monoisotopic (exact) mass is 314 g/mol. The number of hydrogen-bond donors (Lipinski definition) is 2. The predicted octanol–water partition coefficient (Wildman–Crippen LogP) is 4.54. The van der Waals surface area contributed by atoms with Gasteiger partial charge in [-0.05, 0) is 52.6 Å². The third-order valence-electron chi connectivity index (χ3n) is 4.17. The van der Waals surface area contributed by atoms with Crippen LogP contribution in [0.5, 0.6) is 0 Å². The second kappa shape index (κ2) is 7.59. The quantitative estimate of drug-likeness (QED) is 0.536. The van der Waals surface area contributed by atoms with Gasteiger partial charge in [0, 0.05) is 6.04 Å². The van der Waals surface area contributed by atoms with Gasteiger partial charge in [0.25, 0.3) is 0 Å². The van der Waals surface area contributed by atoms with Crippen molar-refractivity contribution < 1.29 is 0 Å². The van der Waals surface area contributed by atoms with Gasteiger partial charge in [0.05, 0.1) is 0 Å². The minimum atomic E-state index is 0. The average molecular weight is 315 g/mol. The molecule has 3 rings (SSSR count). The van der Waals surface area contributed by atoms with Gasteiger partial charge in [-0.2, -0.15) is 0 Å². The molecule has 4 N–H and O–H groups in total. The average Bonchev–Trinajstić information content (AvgIpc) is 2.54. The van der Waals surface area contributed by atoms with Crippen molar-refractivity contribution in [3.05, 3.63) is 60.2 Å². The first-order valence-electron chi connectivity index (χ1n) is 7.67. The normalized spacial score (nSPS) is 12.3. The van der Waals surface area contributed by atoms with Crippen molar-refractivity contribution in [1.82, 2.24) is 0 Å². The van der Waals surface area contributed by atoms with Gasteiger partial charge in [0.1, 0.15) is 0 Å². The fraction of sp³-hybridized carbons (Fsp3) is 0.263. The molecule has 0 unspecified atom stereocenters.